The van der Waals surface area contributed by atoms with Crippen LogP contribution in [0.3, 0.4) is 0 Å². The second-order valence-corrected chi connectivity index (χ2v) is 5.53. The fourth-order valence-electron chi connectivity index (χ4n) is 1.45. The highest BCUT2D eigenvalue weighted by Gasteiger charge is 2.01. The first-order valence-corrected chi connectivity index (χ1v) is 6.96. The molecule has 1 aromatic rings. The minimum absolute atomic E-state index is 0.0131. The van der Waals surface area contributed by atoms with Crippen LogP contribution in [0, 0.1) is 6.92 Å². The maximum atomic E-state index is 10.7. The maximum Gasteiger partial charge on any atom is 0.210 e. The van der Waals surface area contributed by atoms with E-state index in [1.165, 1.54) is 11.1 Å². The summed E-state index contributed by atoms with van der Waals surface area (Å²) in [7, 11) is -3.34. The zero-order chi connectivity index (χ0) is 12.0. The Morgan fingerprint density at radius 2 is 1.94 bits per heavy atom. The lowest BCUT2D eigenvalue weighted by Crippen LogP contribution is -2.28. The smallest absolute Gasteiger partial charge is 0.210 e. The van der Waals surface area contributed by atoms with Crippen LogP contribution in [-0.2, 0) is 16.4 Å². The van der Waals surface area contributed by atoms with Gasteiger partial charge >= 0.3 is 0 Å². The fraction of sp³-hybridized carbons (Fsp3) is 0.455. The van der Waals surface area contributed by atoms with Crippen molar-refractivity contribution in [2.75, 3.05) is 18.8 Å². The number of rotatable bonds is 6. The first-order chi connectivity index (χ1) is 7.49. The molecule has 90 valence electrons. The minimum Gasteiger partial charge on any atom is -0.315 e. The molecule has 0 aliphatic rings. The van der Waals surface area contributed by atoms with Gasteiger partial charge in [-0.2, -0.15) is 0 Å². The molecule has 0 bridgehead atoms. The molecular weight excluding hydrogens is 224 g/mol. The summed E-state index contributed by atoms with van der Waals surface area (Å²) in [5, 5.41) is 7.94. The lowest BCUT2D eigenvalue weighted by Gasteiger charge is -2.06. The fourth-order valence-corrected chi connectivity index (χ4v) is 1.88. The van der Waals surface area contributed by atoms with Crippen molar-refractivity contribution in [3.05, 3.63) is 35.4 Å². The average Bonchev–Trinajstić information content (AvgIpc) is 2.18. The van der Waals surface area contributed by atoms with Crippen LogP contribution in [0.4, 0.5) is 0 Å². The van der Waals surface area contributed by atoms with E-state index in [2.05, 4.69) is 24.4 Å². The van der Waals surface area contributed by atoms with E-state index in [0.29, 0.717) is 6.54 Å². The van der Waals surface area contributed by atoms with Gasteiger partial charge in [0, 0.05) is 6.54 Å². The topological polar surface area (TPSA) is 72.2 Å². The Morgan fingerprint density at radius 1 is 1.25 bits per heavy atom. The summed E-state index contributed by atoms with van der Waals surface area (Å²) in [4.78, 5) is 0. The van der Waals surface area contributed by atoms with E-state index in [-0.39, 0.29) is 5.75 Å². The number of hydrogen-bond donors (Lipinski definition) is 2. The van der Waals surface area contributed by atoms with Crippen molar-refractivity contribution in [2.24, 2.45) is 5.14 Å². The number of sulfonamides is 1. The van der Waals surface area contributed by atoms with E-state index in [1.807, 2.05) is 12.1 Å². The van der Waals surface area contributed by atoms with E-state index in [9.17, 15) is 8.42 Å². The van der Waals surface area contributed by atoms with Crippen LogP contribution in [-0.4, -0.2) is 27.3 Å². The summed E-state index contributed by atoms with van der Waals surface area (Å²) in [6.45, 7) is 3.24. The number of primary sulfonamides is 1. The molecule has 0 saturated carbocycles. The van der Waals surface area contributed by atoms with Gasteiger partial charge in [-0.05, 0) is 31.0 Å². The van der Waals surface area contributed by atoms with Gasteiger partial charge in [-0.3, -0.25) is 0 Å². The van der Waals surface area contributed by atoms with Gasteiger partial charge < -0.3 is 5.32 Å². The third kappa shape index (κ3) is 5.25. The Kier molecular flexibility index (Phi) is 4.92. The van der Waals surface area contributed by atoms with Crippen molar-refractivity contribution in [2.45, 2.75) is 13.3 Å². The number of nitrogens with one attached hydrogen (secondary N) is 1. The summed E-state index contributed by atoms with van der Waals surface area (Å²) in [5.41, 5.74) is 2.54. The van der Waals surface area contributed by atoms with Crippen molar-refractivity contribution in [3.8, 4) is 0 Å². The van der Waals surface area contributed by atoms with Crippen molar-refractivity contribution in [3.63, 3.8) is 0 Å². The standard InChI is InChI=1S/C11H18N2O2S/c1-10-4-2-3-5-11(10)6-7-13-8-9-16(12,14)15/h2-5,13H,6-9H2,1H3,(H2,12,14,15). The lowest BCUT2D eigenvalue weighted by atomic mass is 10.1. The summed E-state index contributed by atoms with van der Waals surface area (Å²) < 4.78 is 21.3. The molecule has 3 N–H and O–H groups in total. The van der Waals surface area contributed by atoms with Gasteiger partial charge in [0.1, 0.15) is 0 Å². The van der Waals surface area contributed by atoms with Gasteiger partial charge in [0.25, 0.3) is 0 Å². The average molecular weight is 242 g/mol. The maximum absolute atomic E-state index is 10.7. The highest BCUT2D eigenvalue weighted by Crippen LogP contribution is 2.06. The SMILES string of the molecule is Cc1ccccc1CCNCCS(N)(=O)=O. The normalized spacial score (nSPS) is 11.6. The van der Waals surface area contributed by atoms with Gasteiger partial charge in [0.15, 0.2) is 0 Å². The lowest BCUT2D eigenvalue weighted by molar-refractivity contribution is 0.592. The zero-order valence-electron chi connectivity index (χ0n) is 9.44. The molecular formula is C11H18N2O2S. The number of benzene rings is 1. The molecule has 0 spiro atoms. The summed E-state index contributed by atoms with van der Waals surface area (Å²) in [6, 6.07) is 8.16. The molecule has 16 heavy (non-hydrogen) atoms. The van der Waals surface area contributed by atoms with Crippen LogP contribution in [0.2, 0.25) is 0 Å². The highest BCUT2D eigenvalue weighted by atomic mass is 32.2. The van der Waals surface area contributed by atoms with E-state index in [4.69, 9.17) is 5.14 Å². The molecule has 0 aromatic heterocycles. The Labute approximate surface area is 96.9 Å². The molecule has 1 aromatic carbocycles. The highest BCUT2D eigenvalue weighted by molar-refractivity contribution is 7.89. The molecule has 0 unspecified atom stereocenters. The molecule has 0 atom stereocenters. The monoisotopic (exact) mass is 242 g/mol. The molecule has 4 nitrogen and oxygen atoms in total. The van der Waals surface area contributed by atoms with Crippen molar-refractivity contribution in [1.29, 1.82) is 0 Å². The Balaban J connectivity index is 2.24. The molecule has 0 fully saturated rings. The van der Waals surface area contributed by atoms with Gasteiger partial charge in [-0.1, -0.05) is 24.3 Å². The molecule has 0 aliphatic carbocycles. The van der Waals surface area contributed by atoms with E-state index < -0.39 is 10.0 Å². The Morgan fingerprint density at radius 3 is 2.56 bits per heavy atom. The number of nitrogens with two attached hydrogens (primary N) is 1. The van der Waals surface area contributed by atoms with Gasteiger partial charge in [-0.15, -0.1) is 0 Å². The second kappa shape index (κ2) is 5.98. The molecule has 1 rings (SSSR count). The van der Waals surface area contributed by atoms with Crippen LogP contribution in [0.5, 0.6) is 0 Å². The molecule has 0 radical (unpaired) electrons. The van der Waals surface area contributed by atoms with Crippen molar-refractivity contribution in [1.82, 2.24) is 5.32 Å². The molecule has 0 saturated heterocycles. The summed E-state index contributed by atoms with van der Waals surface area (Å²) in [6.07, 6.45) is 0.900. The van der Waals surface area contributed by atoms with Crippen LogP contribution in [0.25, 0.3) is 0 Å². The Hall–Kier alpha value is -0.910. The molecule has 0 amide bonds. The quantitative estimate of drug-likeness (QED) is 0.710. The number of aryl methyl sites for hydroxylation is 1. The van der Waals surface area contributed by atoms with Gasteiger partial charge in [-0.25, -0.2) is 13.6 Å². The second-order valence-electron chi connectivity index (χ2n) is 3.79. The van der Waals surface area contributed by atoms with Gasteiger partial charge in [0.2, 0.25) is 10.0 Å². The Bertz CT molecular complexity index is 429. The number of hydrogen-bond acceptors (Lipinski definition) is 3. The van der Waals surface area contributed by atoms with Gasteiger partial charge in [0.05, 0.1) is 5.75 Å². The van der Waals surface area contributed by atoms with E-state index in [1.54, 1.807) is 0 Å². The van der Waals surface area contributed by atoms with Crippen LogP contribution in [0.1, 0.15) is 11.1 Å². The van der Waals surface area contributed by atoms with Crippen molar-refractivity contribution >= 4 is 10.0 Å². The first-order valence-electron chi connectivity index (χ1n) is 5.25. The third-order valence-corrected chi connectivity index (χ3v) is 3.17. The summed E-state index contributed by atoms with van der Waals surface area (Å²) >= 11 is 0. The van der Waals surface area contributed by atoms with E-state index >= 15 is 0 Å². The molecule has 5 heteroatoms. The van der Waals surface area contributed by atoms with Crippen LogP contribution >= 0.6 is 0 Å². The molecule has 0 heterocycles. The predicted octanol–water partition coefficient (Wildman–Crippen LogP) is 0.416. The van der Waals surface area contributed by atoms with Crippen molar-refractivity contribution < 1.29 is 8.42 Å². The summed E-state index contributed by atoms with van der Waals surface area (Å²) in [5.74, 6) is -0.0131. The zero-order valence-corrected chi connectivity index (χ0v) is 10.3. The predicted molar refractivity (Wildman–Crippen MR) is 65.7 cm³/mol. The van der Waals surface area contributed by atoms with Crippen LogP contribution < -0.4 is 10.5 Å². The largest absolute Gasteiger partial charge is 0.315 e. The first kappa shape index (κ1) is 13.2. The third-order valence-electron chi connectivity index (χ3n) is 2.40. The van der Waals surface area contributed by atoms with E-state index in [0.717, 1.165) is 13.0 Å². The minimum atomic E-state index is -3.34. The van der Waals surface area contributed by atoms with Crippen LogP contribution in [0.15, 0.2) is 24.3 Å². The molecule has 0 aliphatic heterocycles.